The van der Waals surface area contributed by atoms with Gasteiger partial charge in [-0.05, 0) is 23.6 Å². The van der Waals surface area contributed by atoms with Gasteiger partial charge in [-0.2, -0.15) is 0 Å². The van der Waals surface area contributed by atoms with Crippen LogP contribution in [0.2, 0.25) is 0 Å². The molecule has 2 saturated heterocycles. The monoisotopic (exact) mass is 445 g/mol. The number of hydrogen-bond donors (Lipinski definition) is 1. The molecule has 0 atom stereocenters. The zero-order valence-electron chi connectivity index (χ0n) is 17.9. The highest BCUT2D eigenvalue weighted by molar-refractivity contribution is 7.09. The van der Waals surface area contributed by atoms with E-state index in [-0.39, 0.29) is 5.91 Å². The van der Waals surface area contributed by atoms with Crippen LogP contribution < -0.4 is 5.32 Å². The Labute approximate surface area is 187 Å². The van der Waals surface area contributed by atoms with Crippen LogP contribution in [0.3, 0.4) is 0 Å². The van der Waals surface area contributed by atoms with Gasteiger partial charge in [-0.3, -0.25) is 9.69 Å². The molecule has 4 rings (SSSR count). The highest BCUT2D eigenvalue weighted by Crippen LogP contribution is 2.11. The fourth-order valence-electron chi connectivity index (χ4n) is 3.80. The third kappa shape index (κ3) is 6.56. The van der Waals surface area contributed by atoms with Crippen molar-refractivity contribution in [3.63, 3.8) is 0 Å². The normalized spacial score (nSPS) is 18.4. The SMILES string of the molecule is O=C(CN1CCN(C(=NCc2cccs2)NCCc2ccco2)CC1)N1CCOCC1. The molecule has 0 aliphatic carbocycles. The Hall–Kier alpha value is -2.36. The summed E-state index contributed by atoms with van der Waals surface area (Å²) in [5.74, 6) is 2.11. The third-order valence-electron chi connectivity index (χ3n) is 5.59. The van der Waals surface area contributed by atoms with Gasteiger partial charge in [0.05, 0.1) is 32.6 Å². The van der Waals surface area contributed by atoms with Crippen molar-refractivity contribution < 1.29 is 13.9 Å². The van der Waals surface area contributed by atoms with Crippen molar-refractivity contribution in [2.45, 2.75) is 13.0 Å². The number of nitrogens with zero attached hydrogens (tertiary/aromatic N) is 4. The lowest BCUT2D eigenvalue weighted by Crippen LogP contribution is -2.55. The molecule has 1 N–H and O–H groups in total. The zero-order valence-corrected chi connectivity index (χ0v) is 18.7. The Morgan fingerprint density at radius 2 is 1.90 bits per heavy atom. The van der Waals surface area contributed by atoms with Crippen molar-refractivity contribution in [3.8, 4) is 0 Å². The second-order valence-corrected chi connectivity index (χ2v) is 8.76. The number of furan rings is 1. The Bertz CT molecular complexity index is 810. The van der Waals surface area contributed by atoms with E-state index in [2.05, 4.69) is 32.6 Å². The second kappa shape index (κ2) is 11.3. The molecule has 2 aliphatic rings. The maximum absolute atomic E-state index is 12.5. The van der Waals surface area contributed by atoms with Crippen LogP contribution in [0.15, 0.2) is 45.3 Å². The van der Waals surface area contributed by atoms with E-state index < -0.39 is 0 Å². The number of nitrogens with one attached hydrogen (secondary N) is 1. The molecule has 2 aromatic heterocycles. The Kier molecular flexibility index (Phi) is 7.98. The molecule has 31 heavy (non-hydrogen) atoms. The van der Waals surface area contributed by atoms with Gasteiger partial charge in [-0.1, -0.05) is 6.07 Å². The molecule has 0 aromatic carbocycles. The molecular weight excluding hydrogens is 414 g/mol. The molecule has 0 bridgehead atoms. The molecule has 2 aromatic rings. The number of carbonyl (C=O) groups excluding carboxylic acids is 1. The van der Waals surface area contributed by atoms with Crippen LogP contribution in [0.1, 0.15) is 10.6 Å². The summed E-state index contributed by atoms with van der Waals surface area (Å²) in [4.78, 5) is 25.1. The van der Waals surface area contributed by atoms with Crippen molar-refractivity contribution >= 4 is 23.2 Å². The van der Waals surface area contributed by atoms with E-state index in [0.29, 0.717) is 39.4 Å². The molecule has 0 radical (unpaired) electrons. The molecule has 4 heterocycles. The summed E-state index contributed by atoms with van der Waals surface area (Å²) in [5, 5.41) is 5.59. The van der Waals surface area contributed by atoms with Gasteiger partial charge >= 0.3 is 0 Å². The first kappa shape index (κ1) is 21.9. The fraction of sp³-hybridized carbons (Fsp3) is 0.545. The predicted octanol–water partition coefficient (Wildman–Crippen LogP) is 1.51. The molecular formula is C22H31N5O3S. The van der Waals surface area contributed by atoms with Gasteiger partial charge in [0.1, 0.15) is 5.76 Å². The van der Waals surface area contributed by atoms with E-state index in [1.165, 1.54) is 4.88 Å². The van der Waals surface area contributed by atoms with Gasteiger partial charge in [0, 0.05) is 57.1 Å². The number of thiophene rings is 1. The number of aliphatic imine (C=N–C) groups is 1. The van der Waals surface area contributed by atoms with E-state index in [9.17, 15) is 4.79 Å². The second-order valence-electron chi connectivity index (χ2n) is 7.73. The summed E-state index contributed by atoms with van der Waals surface area (Å²) >= 11 is 1.73. The Morgan fingerprint density at radius 1 is 1.06 bits per heavy atom. The summed E-state index contributed by atoms with van der Waals surface area (Å²) in [5.41, 5.74) is 0. The number of rotatable bonds is 7. The molecule has 2 fully saturated rings. The quantitative estimate of drug-likeness (QED) is 0.515. The lowest BCUT2D eigenvalue weighted by molar-refractivity contribution is -0.136. The van der Waals surface area contributed by atoms with E-state index in [4.69, 9.17) is 14.1 Å². The van der Waals surface area contributed by atoms with Gasteiger partial charge in [0.25, 0.3) is 0 Å². The number of carbonyl (C=O) groups is 1. The number of morpholine rings is 1. The summed E-state index contributed by atoms with van der Waals surface area (Å²) in [6, 6.07) is 8.08. The number of piperazine rings is 1. The van der Waals surface area contributed by atoms with Crippen LogP contribution in [0, 0.1) is 0 Å². The van der Waals surface area contributed by atoms with Crippen LogP contribution in [-0.4, -0.2) is 92.1 Å². The zero-order chi connectivity index (χ0) is 21.3. The number of ether oxygens (including phenoxy) is 1. The molecule has 0 unspecified atom stereocenters. The molecule has 1 amide bonds. The number of guanidine groups is 1. The smallest absolute Gasteiger partial charge is 0.236 e. The molecule has 9 heteroatoms. The standard InChI is InChI=1S/C22H31N5O3S/c28-21(26-11-14-29-15-12-26)18-25-7-9-27(10-8-25)22(24-17-20-4-2-16-31-20)23-6-5-19-3-1-13-30-19/h1-4,13,16H,5-12,14-15,17-18H2,(H,23,24). The minimum Gasteiger partial charge on any atom is -0.469 e. The predicted molar refractivity (Wildman–Crippen MR) is 121 cm³/mol. The van der Waals surface area contributed by atoms with Gasteiger partial charge in [0.15, 0.2) is 5.96 Å². The van der Waals surface area contributed by atoms with E-state index in [0.717, 1.165) is 50.9 Å². The molecule has 0 saturated carbocycles. The largest absolute Gasteiger partial charge is 0.469 e. The molecule has 8 nitrogen and oxygen atoms in total. The van der Waals surface area contributed by atoms with Crippen molar-refractivity contribution in [2.75, 3.05) is 65.6 Å². The first-order valence-corrected chi connectivity index (χ1v) is 11.8. The van der Waals surface area contributed by atoms with E-state index in [1.54, 1.807) is 17.6 Å². The first-order chi connectivity index (χ1) is 15.3. The summed E-state index contributed by atoms with van der Waals surface area (Å²) in [7, 11) is 0. The van der Waals surface area contributed by atoms with E-state index >= 15 is 0 Å². The average molecular weight is 446 g/mol. The van der Waals surface area contributed by atoms with Crippen LogP contribution in [0.4, 0.5) is 0 Å². The number of amides is 1. The summed E-state index contributed by atoms with van der Waals surface area (Å²) < 4.78 is 10.8. The minimum absolute atomic E-state index is 0.208. The van der Waals surface area contributed by atoms with Crippen LogP contribution in [-0.2, 0) is 22.5 Å². The number of hydrogen-bond acceptors (Lipinski definition) is 6. The van der Waals surface area contributed by atoms with Crippen LogP contribution in [0.5, 0.6) is 0 Å². The first-order valence-electron chi connectivity index (χ1n) is 10.9. The van der Waals surface area contributed by atoms with Crippen molar-refractivity contribution in [3.05, 3.63) is 46.5 Å². The lowest BCUT2D eigenvalue weighted by atomic mass is 10.3. The lowest BCUT2D eigenvalue weighted by Gasteiger charge is -2.37. The van der Waals surface area contributed by atoms with Crippen LogP contribution >= 0.6 is 11.3 Å². The summed E-state index contributed by atoms with van der Waals surface area (Å²) in [6.07, 6.45) is 2.53. The Balaban J connectivity index is 1.29. The maximum atomic E-state index is 12.5. The topological polar surface area (TPSA) is 73.6 Å². The van der Waals surface area contributed by atoms with Crippen molar-refractivity contribution in [1.29, 1.82) is 0 Å². The summed E-state index contributed by atoms with van der Waals surface area (Å²) in [6.45, 7) is 8.06. The molecule has 0 spiro atoms. The molecule has 168 valence electrons. The van der Waals surface area contributed by atoms with Gasteiger partial charge in [-0.25, -0.2) is 4.99 Å². The highest BCUT2D eigenvalue weighted by atomic mass is 32.1. The van der Waals surface area contributed by atoms with Gasteiger partial charge in [0.2, 0.25) is 5.91 Å². The van der Waals surface area contributed by atoms with Crippen LogP contribution in [0.25, 0.3) is 0 Å². The fourth-order valence-corrected chi connectivity index (χ4v) is 4.43. The van der Waals surface area contributed by atoms with Gasteiger partial charge in [-0.15, -0.1) is 11.3 Å². The minimum atomic E-state index is 0.208. The Morgan fingerprint density at radius 3 is 2.61 bits per heavy atom. The van der Waals surface area contributed by atoms with E-state index in [1.807, 2.05) is 17.0 Å². The van der Waals surface area contributed by atoms with Crippen molar-refractivity contribution in [2.24, 2.45) is 4.99 Å². The highest BCUT2D eigenvalue weighted by Gasteiger charge is 2.24. The van der Waals surface area contributed by atoms with Crippen molar-refractivity contribution in [1.82, 2.24) is 20.0 Å². The van der Waals surface area contributed by atoms with Gasteiger partial charge < -0.3 is 24.3 Å². The maximum Gasteiger partial charge on any atom is 0.236 e. The average Bonchev–Trinajstić information content (AvgIpc) is 3.52. The molecule has 2 aliphatic heterocycles. The third-order valence-corrected chi connectivity index (χ3v) is 6.46.